The Morgan fingerprint density at radius 2 is 2.33 bits per heavy atom. The normalized spacial score (nSPS) is 13.3. The van der Waals surface area contributed by atoms with Gasteiger partial charge in [-0.15, -0.1) is 0 Å². The number of aliphatic hydroxyl groups is 1. The molecule has 5 heteroatoms. The Hall–Kier alpha value is -1.10. The van der Waals surface area contributed by atoms with Gasteiger partial charge in [-0.3, -0.25) is 0 Å². The van der Waals surface area contributed by atoms with Crippen LogP contribution in [-0.2, 0) is 0 Å². The van der Waals surface area contributed by atoms with E-state index in [0.717, 1.165) is 5.52 Å². The summed E-state index contributed by atoms with van der Waals surface area (Å²) in [6.07, 6.45) is 0.431. The molecular weight excluding hydrogens is 216 g/mol. The average molecular weight is 227 g/mol. The lowest BCUT2D eigenvalue weighted by molar-refractivity contribution is 0.268. The van der Waals surface area contributed by atoms with E-state index in [1.54, 1.807) is 18.2 Å². The van der Waals surface area contributed by atoms with Crippen LogP contribution in [0.25, 0.3) is 11.1 Å². The summed E-state index contributed by atoms with van der Waals surface area (Å²) in [6.45, 7) is 0.0145. The molecule has 0 aliphatic heterocycles. The number of hydrogen-bond acceptors (Lipinski definition) is 4. The van der Waals surface area contributed by atoms with E-state index in [2.05, 4.69) is 4.98 Å². The maximum atomic E-state index is 8.75. The van der Waals surface area contributed by atoms with Crippen LogP contribution in [0.5, 0.6) is 0 Å². The molecule has 1 heterocycles. The number of fused-ring (bicyclic) bond motifs is 1. The van der Waals surface area contributed by atoms with Crippen molar-refractivity contribution in [2.75, 3.05) is 6.61 Å². The first-order chi connectivity index (χ1) is 7.20. The molecule has 1 atom stereocenters. The number of oxazole rings is 1. The van der Waals surface area contributed by atoms with Gasteiger partial charge in [-0.2, -0.15) is 0 Å². The Kier molecular flexibility index (Phi) is 2.90. The topological polar surface area (TPSA) is 72.3 Å². The second-order valence-corrected chi connectivity index (χ2v) is 3.72. The largest absolute Gasteiger partial charge is 0.439 e. The smallest absolute Gasteiger partial charge is 0.212 e. The molecule has 15 heavy (non-hydrogen) atoms. The fraction of sp³-hybridized carbons (Fsp3) is 0.300. The summed E-state index contributed by atoms with van der Waals surface area (Å²) in [5.74, 6) is 0.432. The van der Waals surface area contributed by atoms with Crippen LogP contribution in [0.4, 0.5) is 0 Å². The first-order valence-electron chi connectivity index (χ1n) is 4.63. The quantitative estimate of drug-likeness (QED) is 0.838. The van der Waals surface area contributed by atoms with Gasteiger partial charge in [-0.25, -0.2) is 4.98 Å². The van der Waals surface area contributed by atoms with E-state index in [9.17, 15) is 0 Å². The van der Waals surface area contributed by atoms with Crippen molar-refractivity contribution in [1.29, 1.82) is 0 Å². The Bertz CT molecular complexity index is 469. The van der Waals surface area contributed by atoms with Crippen LogP contribution in [-0.4, -0.2) is 16.7 Å². The molecule has 0 spiro atoms. The fourth-order valence-electron chi connectivity index (χ4n) is 1.34. The molecule has 2 aromatic rings. The van der Waals surface area contributed by atoms with E-state index in [1.165, 1.54) is 0 Å². The van der Waals surface area contributed by atoms with Crippen molar-refractivity contribution in [3.8, 4) is 0 Å². The summed E-state index contributed by atoms with van der Waals surface area (Å²) in [7, 11) is 0. The zero-order chi connectivity index (χ0) is 10.8. The van der Waals surface area contributed by atoms with Gasteiger partial charge >= 0.3 is 0 Å². The molecule has 0 saturated carbocycles. The van der Waals surface area contributed by atoms with E-state index < -0.39 is 0 Å². The first-order valence-corrected chi connectivity index (χ1v) is 5.01. The Labute approximate surface area is 91.7 Å². The predicted molar refractivity (Wildman–Crippen MR) is 57.7 cm³/mol. The van der Waals surface area contributed by atoms with E-state index >= 15 is 0 Å². The monoisotopic (exact) mass is 226 g/mol. The van der Waals surface area contributed by atoms with Gasteiger partial charge in [0.05, 0.1) is 6.04 Å². The molecule has 2 rings (SSSR count). The minimum Gasteiger partial charge on any atom is -0.439 e. The molecule has 4 nitrogen and oxygen atoms in total. The number of halogens is 1. The minimum atomic E-state index is -0.374. The zero-order valence-corrected chi connectivity index (χ0v) is 8.74. The predicted octanol–water partition coefficient (Wildman–Crippen LogP) is 1.86. The standard InChI is InChI=1S/C10H11ClN2O2/c11-6-1-2-8-9(5-6)15-10(13-8)7(12)3-4-14/h1-2,5,7,14H,3-4,12H2. The third-order valence-electron chi connectivity index (χ3n) is 2.12. The Morgan fingerprint density at radius 1 is 1.53 bits per heavy atom. The third kappa shape index (κ3) is 2.12. The SMILES string of the molecule is NC(CCO)c1nc2ccc(Cl)cc2o1. The van der Waals surface area contributed by atoms with Crippen molar-refractivity contribution in [1.82, 2.24) is 4.98 Å². The molecule has 1 aromatic carbocycles. The van der Waals surface area contributed by atoms with Crippen LogP contribution in [0.1, 0.15) is 18.4 Å². The van der Waals surface area contributed by atoms with Gasteiger partial charge in [0.1, 0.15) is 5.52 Å². The summed E-state index contributed by atoms with van der Waals surface area (Å²) in [5.41, 5.74) is 7.10. The second-order valence-electron chi connectivity index (χ2n) is 3.28. The maximum Gasteiger partial charge on any atom is 0.212 e. The number of nitrogens with two attached hydrogens (primary N) is 1. The van der Waals surface area contributed by atoms with E-state index in [1.807, 2.05) is 0 Å². The highest BCUT2D eigenvalue weighted by Crippen LogP contribution is 2.23. The molecule has 3 N–H and O–H groups in total. The van der Waals surface area contributed by atoms with Gasteiger partial charge in [-0.05, 0) is 18.6 Å². The number of aliphatic hydroxyl groups excluding tert-OH is 1. The Morgan fingerprint density at radius 3 is 3.07 bits per heavy atom. The number of hydrogen-bond donors (Lipinski definition) is 2. The summed E-state index contributed by atoms with van der Waals surface area (Å²) in [6, 6.07) is 4.84. The molecule has 0 bridgehead atoms. The summed E-state index contributed by atoms with van der Waals surface area (Å²) in [5, 5.41) is 9.34. The van der Waals surface area contributed by atoms with Crippen molar-refractivity contribution in [3.05, 3.63) is 29.1 Å². The molecule has 1 unspecified atom stereocenters. The molecule has 0 fully saturated rings. The van der Waals surface area contributed by atoms with Crippen molar-refractivity contribution >= 4 is 22.7 Å². The van der Waals surface area contributed by atoms with Crippen LogP contribution in [0, 0.1) is 0 Å². The van der Waals surface area contributed by atoms with Crippen molar-refractivity contribution in [3.63, 3.8) is 0 Å². The van der Waals surface area contributed by atoms with E-state index in [-0.39, 0.29) is 12.6 Å². The van der Waals surface area contributed by atoms with Gasteiger partial charge in [0.25, 0.3) is 0 Å². The highest BCUT2D eigenvalue weighted by molar-refractivity contribution is 6.31. The molecule has 0 aliphatic carbocycles. The van der Waals surface area contributed by atoms with Gasteiger partial charge in [0.15, 0.2) is 5.58 Å². The van der Waals surface area contributed by atoms with E-state index in [0.29, 0.717) is 22.9 Å². The first kappa shape index (κ1) is 10.4. The highest BCUT2D eigenvalue weighted by Gasteiger charge is 2.13. The summed E-state index contributed by atoms with van der Waals surface area (Å²) < 4.78 is 5.43. The van der Waals surface area contributed by atoms with Crippen LogP contribution in [0.3, 0.4) is 0 Å². The maximum absolute atomic E-state index is 8.75. The van der Waals surface area contributed by atoms with Gasteiger partial charge < -0.3 is 15.3 Å². The second kappa shape index (κ2) is 4.18. The van der Waals surface area contributed by atoms with Gasteiger partial charge in [-0.1, -0.05) is 11.6 Å². The van der Waals surface area contributed by atoms with Crippen LogP contribution in [0.2, 0.25) is 5.02 Å². The van der Waals surface area contributed by atoms with Gasteiger partial charge in [0.2, 0.25) is 5.89 Å². The molecule has 1 aromatic heterocycles. The van der Waals surface area contributed by atoms with Crippen molar-refractivity contribution in [2.45, 2.75) is 12.5 Å². The molecular formula is C10H11ClN2O2. The minimum absolute atomic E-state index is 0.0145. The van der Waals surface area contributed by atoms with Crippen LogP contribution >= 0.6 is 11.6 Å². The number of nitrogens with zero attached hydrogens (tertiary/aromatic N) is 1. The lowest BCUT2D eigenvalue weighted by Crippen LogP contribution is -2.11. The Balaban J connectivity index is 2.38. The van der Waals surface area contributed by atoms with Crippen LogP contribution in [0.15, 0.2) is 22.6 Å². The lowest BCUT2D eigenvalue weighted by Gasteiger charge is -2.02. The van der Waals surface area contributed by atoms with Gasteiger partial charge in [0, 0.05) is 17.7 Å². The van der Waals surface area contributed by atoms with Crippen molar-refractivity contribution < 1.29 is 9.52 Å². The highest BCUT2D eigenvalue weighted by atomic mass is 35.5. The molecule has 0 saturated heterocycles. The zero-order valence-electron chi connectivity index (χ0n) is 7.98. The lowest BCUT2D eigenvalue weighted by atomic mass is 10.2. The van der Waals surface area contributed by atoms with E-state index in [4.69, 9.17) is 26.9 Å². The molecule has 80 valence electrons. The van der Waals surface area contributed by atoms with Crippen LogP contribution < -0.4 is 5.73 Å². The average Bonchev–Trinajstić information content (AvgIpc) is 2.60. The number of benzene rings is 1. The molecule has 0 radical (unpaired) electrons. The molecule has 0 aliphatic rings. The van der Waals surface area contributed by atoms with Crippen molar-refractivity contribution in [2.24, 2.45) is 5.73 Å². The number of aromatic nitrogens is 1. The number of rotatable bonds is 3. The fourth-order valence-corrected chi connectivity index (χ4v) is 1.50. The third-order valence-corrected chi connectivity index (χ3v) is 2.36. The molecule has 0 amide bonds. The summed E-state index contributed by atoms with van der Waals surface area (Å²) in [4.78, 5) is 4.21. The summed E-state index contributed by atoms with van der Waals surface area (Å²) >= 11 is 5.81.